The molecule has 0 aliphatic carbocycles. The van der Waals surface area contributed by atoms with Crippen LogP contribution in [0.15, 0.2) is 57.6 Å². The Bertz CT molecular complexity index is 1120. The number of amides is 1. The summed E-state index contributed by atoms with van der Waals surface area (Å²) in [7, 11) is 1.81. The fourth-order valence-electron chi connectivity index (χ4n) is 2.94. The van der Waals surface area contributed by atoms with Crippen LogP contribution in [0.25, 0.3) is 22.5 Å². The molecule has 6 nitrogen and oxygen atoms in total. The van der Waals surface area contributed by atoms with Gasteiger partial charge in [-0.2, -0.15) is 5.10 Å². The fraction of sp³-hybridized carbons (Fsp3) is 0.105. The quantitative estimate of drug-likeness (QED) is 0.537. The lowest BCUT2D eigenvalue weighted by atomic mass is 10.1. The number of pyridine rings is 1. The summed E-state index contributed by atoms with van der Waals surface area (Å²) >= 11 is 3.41. The molecular weight excluding hydrogens is 396 g/mol. The molecule has 0 radical (unpaired) electrons. The van der Waals surface area contributed by atoms with Crippen molar-refractivity contribution >= 4 is 38.6 Å². The molecule has 1 N–H and O–H groups in total. The zero-order chi connectivity index (χ0) is 18.3. The van der Waals surface area contributed by atoms with Crippen LogP contribution in [0.4, 0.5) is 5.69 Å². The molecule has 0 unspecified atom stereocenters. The van der Waals surface area contributed by atoms with E-state index in [-0.39, 0.29) is 5.91 Å². The smallest absolute Gasteiger partial charge is 0.256 e. The highest BCUT2D eigenvalue weighted by Gasteiger charge is 2.20. The molecular formula is C19H15BrN4O2. The van der Waals surface area contributed by atoms with Crippen molar-refractivity contribution in [3.05, 3.63) is 64.5 Å². The molecule has 0 fully saturated rings. The third-order valence-corrected chi connectivity index (χ3v) is 4.56. The first kappa shape index (κ1) is 16.5. The first-order chi connectivity index (χ1) is 12.5. The zero-order valence-corrected chi connectivity index (χ0v) is 15.7. The second-order valence-corrected chi connectivity index (χ2v) is 6.82. The maximum Gasteiger partial charge on any atom is 0.256 e. The standard InChI is InChI=1S/C19H15BrN4O2/c1-11-17-14(19(25)21-13-6-3-5-12(20)9-13)10-15(16-7-4-8-26-16)22-18(17)24(2)23-11/h3-10H,1-2H3,(H,21,25). The lowest BCUT2D eigenvalue weighted by Gasteiger charge is -2.09. The van der Waals surface area contributed by atoms with Crippen molar-refractivity contribution in [2.24, 2.45) is 7.05 Å². The molecule has 26 heavy (non-hydrogen) atoms. The van der Waals surface area contributed by atoms with Gasteiger partial charge in [-0.15, -0.1) is 0 Å². The van der Waals surface area contributed by atoms with Crippen LogP contribution in [0.1, 0.15) is 16.1 Å². The Labute approximate surface area is 158 Å². The SMILES string of the molecule is Cc1nn(C)c2nc(-c3ccco3)cc(C(=O)Nc3cccc(Br)c3)c12. The number of nitrogens with zero attached hydrogens (tertiary/aromatic N) is 3. The molecule has 3 aromatic heterocycles. The molecule has 1 aromatic carbocycles. The molecule has 4 aromatic rings. The Kier molecular flexibility index (Phi) is 4.08. The molecule has 7 heteroatoms. The summed E-state index contributed by atoms with van der Waals surface area (Å²) in [5, 5.41) is 8.08. The minimum absolute atomic E-state index is 0.223. The van der Waals surface area contributed by atoms with Gasteiger partial charge in [0.2, 0.25) is 0 Å². The van der Waals surface area contributed by atoms with Gasteiger partial charge in [0.05, 0.1) is 22.9 Å². The Morgan fingerprint density at radius 3 is 2.81 bits per heavy atom. The van der Waals surface area contributed by atoms with Gasteiger partial charge in [-0.25, -0.2) is 4.98 Å². The van der Waals surface area contributed by atoms with Gasteiger partial charge in [0.25, 0.3) is 5.91 Å². The van der Waals surface area contributed by atoms with Gasteiger partial charge >= 0.3 is 0 Å². The Hall–Kier alpha value is -2.93. The van der Waals surface area contributed by atoms with E-state index < -0.39 is 0 Å². The number of hydrogen-bond donors (Lipinski definition) is 1. The molecule has 0 bridgehead atoms. The summed E-state index contributed by atoms with van der Waals surface area (Å²) in [5.41, 5.74) is 3.18. The third kappa shape index (κ3) is 2.90. The first-order valence-electron chi connectivity index (χ1n) is 7.98. The van der Waals surface area contributed by atoms with Gasteiger partial charge < -0.3 is 9.73 Å². The minimum Gasteiger partial charge on any atom is -0.463 e. The number of rotatable bonds is 3. The number of hydrogen-bond acceptors (Lipinski definition) is 4. The minimum atomic E-state index is -0.223. The van der Waals surface area contributed by atoms with Crippen LogP contribution in [0, 0.1) is 6.92 Å². The number of halogens is 1. The Balaban J connectivity index is 1.85. The van der Waals surface area contributed by atoms with E-state index in [0.717, 1.165) is 15.6 Å². The molecule has 0 aliphatic heterocycles. The van der Waals surface area contributed by atoms with Crippen LogP contribution in [0.2, 0.25) is 0 Å². The normalized spacial score (nSPS) is 11.0. The van der Waals surface area contributed by atoms with Crippen molar-refractivity contribution in [1.29, 1.82) is 0 Å². The van der Waals surface area contributed by atoms with E-state index in [4.69, 9.17) is 4.42 Å². The predicted octanol–water partition coefficient (Wildman–Crippen LogP) is 4.55. The number of carbonyl (C=O) groups excluding carboxylic acids is 1. The van der Waals surface area contributed by atoms with Gasteiger partial charge in [0.1, 0.15) is 5.69 Å². The fourth-order valence-corrected chi connectivity index (χ4v) is 3.34. The average Bonchev–Trinajstić information content (AvgIpc) is 3.23. The topological polar surface area (TPSA) is 73.0 Å². The average molecular weight is 411 g/mol. The number of furan rings is 1. The number of benzene rings is 1. The summed E-state index contributed by atoms with van der Waals surface area (Å²) in [6.07, 6.45) is 1.58. The predicted molar refractivity (Wildman–Crippen MR) is 103 cm³/mol. The van der Waals surface area contributed by atoms with Crippen LogP contribution >= 0.6 is 15.9 Å². The molecule has 130 valence electrons. The molecule has 0 atom stereocenters. The maximum absolute atomic E-state index is 13.0. The van der Waals surface area contributed by atoms with E-state index in [0.29, 0.717) is 28.4 Å². The van der Waals surface area contributed by atoms with Gasteiger partial charge in [-0.05, 0) is 43.3 Å². The molecule has 4 rings (SSSR count). The van der Waals surface area contributed by atoms with Crippen molar-refractivity contribution in [3.63, 3.8) is 0 Å². The van der Waals surface area contributed by atoms with Crippen molar-refractivity contribution in [2.75, 3.05) is 5.32 Å². The van der Waals surface area contributed by atoms with Gasteiger partial charge in [0, 0.05) is 17.2 Å². The van der Waals surface area contributed by atoms with Gasteiger partial charge in [0.15, 0.2) is 11.4 Å². The number of carbonyl (C=O) groups is 1. The first-order valence-corrected chi connectivity index (χ1v) is 8.77. The third-order valence-electron chi connectivity index (χ3n) is 4.07. The highest BCUT2D eigenvalue weighted by atomic mass is 79.9. The molecule has 0 spiro atoms. The van der Waals surface area contributed by atoms with Crippen LogP contribution in [-0.4, -0.2) is 20.7 Å². The monoisotopic (exact) mass is 410 g/mol. The van der Waals surface area contributed by atoms with Crippen molar-refractivity contribution in [3.8, 4) is 11.5 Å². The molecule has 1 amide bonds. The molecule has 0 saturated carbocycles. The Morgan fingerprint density at radius 2 is 2.08 bits per heavy atom. The van der Waals surface area contributed by atoms with E-state index in [2.05, 4.69) is 31.3 Å². The summed E-state index contributed by atoms with van der Waals surface area (Å²) in [6.45, 7) is 1.87. The molecule has 0 saturated heterocycles. The number of aromatic nitrogens is 3. The van der Waals surface area contributed by atoms with Crippen LogP contribution < -0.4 is 5.32 Å². The van der Waals surface area contributed by atoms with Gasteiger partial charge in [-0.3, -0.25) is 9.48 Å². The molecule has 3 heterocycles. The van der Waals surface area contributed by atoms with Crippen molar-refractivity contribution in [1.82, 2.24) is 14.8 Å². The summed E-state index contributed by atoms with van der Waals surface area (Å²) < 4.78 is 8.02. The highest BCUT2D eigenvalue weighted by Crippen LogP contribution is 2.28. The Morgan fingerprint density at radius 1 is 1.23 bits per heavy atom. The van der Waals surface area contributed by atoms with E-state index in [1.54, 1.807) is 23.1 Å². The highest BCUT2D eigenvalue weighted by molar-refractivity contribution is 9.10. The summed E-state index contributed by atoms with van der Waals surface area (Å²) in [5.74, 6) is 0.377. The second kappa shape index (κ2) is 6.42. The van der Waals surface area contributed by atoms with E-state index in [1.165, 1.54) is 0 Å². The lowest BCUT2D eigenvalue weighted by Crippen LogP contribution is -2.13. The van der Waals surface area contributed by atoms with Crippen LogP contribution in [-0.2, 0) is 7.05 Å². The number of nitrogens with one attached hydrogen (secondary N) is 1. The van der Waals surface area contributed by atoms with Crippen LogP contribution in [0.5, 0.6) is 0 Å². The number of aryl methyl sites for hydroxylation is 2. The largest absolute Gasteiger partial charge is 0.463 e. The van der Waals surface area contributed by atoms with E-state index in [9.17, 15) is 4.79 Å². The number of fused-ring (bicyclic) bond motifs is 1. The summed E-state index contributed by atoms with van der Waals surface area (Å²) in [6, 6.07) is 12.8. The number of anilines is 1. The van der Waals surface area contributed by atoms with Crippen LogP contribution in [0.3, 0.4) is 0 Å². The van der Waals surface area contributed by atoms with Gasteiger partial charge in [-0.1, -0.05) is 22.0 Å². The van der Waals surface area contributed by atoms with Crippen molar-refractivity contribution < 1.29 is 9.21 Å². The van der Waals surface area contributed by atoms with Crippen molar-refractivity contribution in [2.45, 2.75) is 6.92 Å². The summed E-state index contributed by atoms with van der Waals surface area (Å²) in [4.78, 5) is 17.6. The second-order valence-electron chi connectivity index (χ2n) is 5.90. The lowest BCUT2D eigenvalue weighted by molar-refractivity contribution is 0.102. The van der Waals surface area contributed by atoms with E-state index >= 15 is 0 Å². The maximum atomic E-state index is 13.0. The zero-order valence-electron chi connectivity index (χ0n) is 14.2. The van der Waals surface area contributed by atoms with E-state index in [1.807, 2.05) is 44.3 Å². The molecule has 0 aliphatic rings.